The first-order valence-electron chi connectivity index (χ1n) is 6.94. The quantitative estimate of drug-likeness (QED) is 0.606. The molecule has 1 aromatic rings. The second-order valence-electron chi connectivity index (χ2n) is 5.23. The Labute approximate surface area is 135 Å². The monoisotopic (exact) mass is 347 g/mol. The van der Waals surface area contributed by atoms with E-state index >= 15 is 0 Å². The van der Waals surface area contributed by atoms with Crippen molar-refractivity contribution in [2.45, 2.75) is 32.5 Å². The summed E-state index contributed by atoms with van der Waals surface area (Å²) < 4.78 is 37.9. The van der Waals surface area contributed by atoms with Crippen molar-refractivity contribution in [3.8, 4) is 0 Å². The molecule has 0 radical (unpaired) electrons. The summed E-state index contributed by atoms with van der Waals surface area (Å²) in [6, 6.07) is 0.441. The number of halogens is 3. The number of amides is 2. The maximum absolute atomic E-state index is 12.6. The van der Waals surface area contributed by atoms with E-state index in [1.54, 1.807) is 13.8 Å². The number of nitrogens with one attached hydrogen (secondary N) is 1. The van der Waals surface area contributed by atoms with Crippen LogP contribution >= 0.6 is 0 Å². The van der Waals surface area contributed by atoms with Gasteiger partial charge in [-0.2, -0.15) is 13.2 Å². The zero-order valence-electron chi connectivity index (χ0n) is 12.9. The fourth-order valence-corrected chi connectivity index (χ4v) is 2.00. The molecule has 1 rings (SSSR count). The highest BCUT2D eigenvalue weighted by Gasteiger charge is 2.34. The summed E-state index contributed by atoms with van der Waals surface area (Å²) in [5, 5.41) is 13.2. The fraction of sp³-hybridized carbons (Fsp3) is 0.429. The van der Waals surface area contributed by atoms with Crippen LogP contribution in [0.25, 0.3) is 0 Å². The molecule has 0 unspecified atom stereocenters. The Bertz CT molecular complexity index is 661. The molecule has 0 bridgehead atoms. The molecule has 0 aliphatic heterocycles. The molecule has 0 aromatic heterocycles. The Morgan fingerprint density at radius 3 is 2.38 bits per heavy atom. The summed E-state index contributed by atoms with van der Waals surface area (Å²) >= 11 is 0. The zero-order valence-corrected chi connectivity index (χ0v) is 12.9. The number of nitrogens with two attached hydrogens (primary N) is 1. The zero-order chi connectivity index (χ0) is 18.7. The molecule has 132 valence electrons. The van der Waals surface area contributed by atoms with Crippen LogP contribution < -0.4 is 11.1 Å². The number of rotatable bonds is 6. The number of nitro benzene ring substituents is 1. The van der Waals surface area contributed by atoms with Gasteiger partial charge in [0.25, 0.3) is 11.6 Å². The third kappa shape index (κ3) is 4.43. The lowest BCUT2D eigenvalue weighted by molar-refractivity contribution is -0.385. The second-order valence-corrected chi connectivity index (χ2v) is 5.23. The van der Waals surface area contributed by atoms with E-state index in [0.29, 0.717) is 18.6 Å². The largest absolute Gasteiger partial charge is 0.416 e. The van der Waals surface area contributed by atoms with Gasteiger partial charge in [0.05, 0.1) is 10.5 Å². The minimum Gasteiger partial charge on any atom is -0.368 e. The third-order valence-electron chi connectivity index (χ3n) is 3.57. The van der Waals surface area contributed by atoms with Crippen LogP contribution in [0.2, 0.25) is 0 Å². The number of carbonyl (C=O) groups excluding carboxylic acids is 2. The Balaban J connectivity index is 3.23. The van der Waals surface area contributed by atoms with Crippen molar-refractivity contribution in [3.63, 3.8) is 0 Å². The first-order chi connectivity index (χ1) is 11.0. The average molecular weight is 347 g/mol. The highest BCUT2D eigenvalue weighted by atomic mass is 19.4. The van der Waals surface area contributed by atoms with Crippen molar-refractivity contribution in [1.29, 1.82) is 0 Å². The molecule has 24 heavy (non-hydrogen) atoms. The smallest absolute Gasteiger partial charge is 0.368 e. The third-order valence-corrected chi connectivity index (χ3v) is 3.57. The van der Waals surface area contributed by atoms with Gasteiger partial charge in [-0.05, 0) is 18.1 Å². The normalized spacial score (nSPS) is 13.9. The van der Waals surface area contributed by atoms with Gasteiger partial charge in [0, 0.05) is 6.07 Å². The number of benzene rings is 1. The molecular weight excluding hydrogens is 331 g/mol. The first-order valence-corrected chi connectivity index (χ1v) is 6.94. The summed E-state index contributed by atoms with van der Waals surface area (Å²) in [4.78, 5) is 33.4. The summed E-state index contributed by atoms with van der Waals surface area (Å²) in [5.74, 6) is -2.23. The van der Waals surface area contributed by atoms with E-state index in [4.69, 9.17) is 5.73 Å². The van der Waals surface area contributed by atoms with Gasteiger partial charge in [-0.15, -0.1) is 0 Å². The summed E-state index contributed by atoms with van der Waals surface area (Å²) in [6.07, 6.45) is -4.30. The van der Waals surface area contributed by atoms with Gasteiger partial charge in [0.1, 0.15) is 11.6 Å². The van der Waals surface area contributed by atoms with Crippen molar-refractivity contribution in [2.24, 2.45) is 11.7 Å². The molecule has 2 amide bonds. The van der Waals surface area contributed by atoms with Crippen molar-refractivity contribution >= 4 is 17.5 Å². The predicted octanol–water partition coefficient (Wildman–Crippen LogP) is 2.24. The minimum atomic E-state index is -4.79. The molecular formula is C14H16F3N3O4. The lowest BCUT2D eigenvalue weighted by Crippen LogP contribution is -2.48. The standard InChI is InChI=1S/C14H16F3N3O4/c1-3-7(2)11(12(18)21)19-13(22)9-5-4-8(14(15,16)17)6-10(9)20(23)24/h4-7,11H,3H2,1-2H3,(H2,18,21)(H,19,22)/t7-,11+/m0/s1. The van der Waals surface area contributed by atoms with Gasteiger partial charge in [-0.25, -0.2) is 0 Å². The Kier molecular flexibility index (Phi) is 5.88. The number of nitro groups is 1. The minimum absolute atomic E-state index is 0.275. The van der Waals surface area contributed by atoms with Crippen LogP contribution in [0.3, 0.4) is 0 Å². The van der Waals surface area contributed by atoms with Crippen LogP contribution in [0.15, 0.2) is 18.2 Å². The van der Waals surface area contributed by atoms with Crippen molar-refractivity contribution in [1.82, 2.24) is 5.32 Å². The lowest BCUT2D eigenvalue weighted by atomic mass is 9.98. The van der Waals surface area contributed by atoms with E-state index in [9.17, 15) is 32.9 Å². The van der Waals surface area contributed by atoms with Crippen LogP contribution in [0.5, 0.6) is 0 Å². The van der Waals surface area contributed by atoms with Crippen LogP contribution in [-0.2, 0) is 11.0 Å². The molecule has 10 heteroatoms. The lowest BCUT2D eigenvalue weighted by Gasteiger charge is -2.21. The number of alkyl halides is 3. The number of hydrogen-bond acceptors (Lipinski definition) is 4. The molecule has 0 fully saturated rings. The summed E-state index contributed by atoms with van der Waals surface area (Å²) in [6.45, 7) is 3.38. The van der Waals surface area contributed by atoms with E-state index in [1.165, 1.54) is 0 Å². The van der Waals surface area contributed by atoms with Crippen LogP contribution in [0, 0.1) is 16.0 Å². The van der Waals surface area contributed by atoms with Gasteiger partial charge >= 0.3 is 6.18 Å². The van der Waals surface area contributed by atoms with E-state index in [0.717, 1.165) is 0 Å². The molecule has 2 atom stereocenters. The number of hydrogen-bond donors (Lipinski definition) is 2. The fourth-order valence-electron chi connectivity index (χ4n) is 2.00. The maximum atomic E-state index is 12.6. The molecule has 7 nitrogen and oxygen atoms in total. The topological polar surface area (TPSA) is 115 Å². The van der Waals surface area contributed by atoms with Crippen molar-refractivity contribution in [2.75, 3.05) is 0 Å². The van der Waals surface area contributed by atoms with Crippen molar-refractivity contribution < 1.29 is 27.7 Å². The van der Waals surface area contributed by atoms with Gasteiger partial charge in [0.15, 0.2) is 0 Å². The van der Waals surface area contributed by atoms with Gasteiger partial charge in [-0.1, -0.05) is 20.3 Å². The van der Waals surface area contributed by atoms with Gasteiger partial charge in [-0.3, -0.25) is 19.7 Å². The molecule has 0 spiro atoms. The average Bonchev–Trinajstić information content (AvgIpc) is 2.49. The summed E-state index contributed by atoms with van der Waals surface area (Å²) in [5.41, 5.74) is 2.35. The van der Waals surface area contributed by atoms with E-state index < -0.39 is 45.8 Å². The molecule has 1 aromatic carbocycles. The Hall–Kier alpha value is -2.65. The van der Waals surface area contributed by atoms with E-state index in [-0.39, 0.29) is 12.0 Å². The predicted molar refractivity (Wildman–Crippen MR) is 78.0 cm³/mol. The molecule has 0 heterocycles. The van der Waals surface area contributed by atoms with Crippen LogP contribution in [0.1, 0.15) is 36.2 Å². The Morgan fingerprint density at radius 1 is 1.38 bits per heavy atom. The SMILES string of the molecule is CC[C@H](C)[C@@H](NC(=O)c1ccc(C(F)(F)F)cc1[N+](=O)[O-])C(N)=O. The summed E-state index contributed by atoms with van der Waals surface area (Å²) in [7, 11) is 0. The first kappa shape index (κ1) is 19.4. The maximum Gasteiger partial charge on any atom is 0.416 e. The van der Waals surface area contributed by atoms with Crippen LogP contribution in [0.4, 0.5) is 18.9 Å². The van der Waals surface area contributed by atoms with Crippen LogP contribution in [-0.4, -0.2) is 22.8 Å². The molecule has 0 saturated carbocycles. The molecule has 0 saturated heterocycles. The molecule has 0 aliphatic carbocycles. The van der Waals surface area contributed by atoms with E-state index in [2.05, 4.69) is 5.32 Å². The highest BCUT2D eigenvalue weighted by Crippen LogP contribution is 2.33. The Morgan fingerprint density at radius 2 is 1.96 bits per heavy atom. The molecule has 3 N–H and O–H groups in total. The number of carbonyl (C=O) groups is 2. The second kappa shape index (κ2) is 7.28. The van der Waals surface area contributed by atoms with Crippen molar-refractivity contribution in [3.05, 3.63) is 39.4 Å². The van der Waals surface area contributed by atoms with Gasteiger partial charge < -0.3 is 11.1 Å². The van der Waals surface area contributed by atoms with E-state index in [1.807, 2.05) is 0 Å². The molecule has 0 aliphatic rings. The van der Waals surface area contributed by atoms with Gasteiger partial charge in [0.2, 0.25) is 5.91 Å². The number of primary amides is 1. The highest BCUT2D eigenvalue weighted by molar-refractivity contribution is 6.00. The number of nitrogens with zero attached hydrogens (tertiary/aromatic N) is 1.